The van der Waals surface area contributed by atoms with Crippen molar-refractivity contribution in [1.82, 2.24) is 10.2 Å². The van der Waals surface area contributed by atoms with E-state index in [2.05, 4.69) is 54.5 Å². The van der Waals surface area contributed by atoms with Gasteiger partial charge in [-0.1, -0.05) is 61.0 Å². The van der Waals surface area contributed by atoms with E-state index in [-0.39, 0.29) is 11.8 Å². The normalized spacial score (nSPS) is 14.7. The maximum absolute atomic E-state index is 13.2. The van der Waals surface area contributed by atoms with Crippen LogP contribution in [0.2, 0.25) is 0 Å². The molecular weight excluding hydrogens is 346 g/mol. The highest BCUT2D eigenvalue weighted by atomic mass is 16.1. The van der Waals surface area contributed by atoms with Gasteiger partial charge in [0.15, 0.2) is 0 Å². The van der Waals surface area contributed by atoms with Crippen LogP contribution < -0.4 is 5.32 Å². The third-order valence-electron chi connectivity index (χ3n) is 5.59. The van der Waals surface area contributed by atoms with Crippen LogP contribution in [-0.4, -0.2) is 16.1 Å². The topological polar surface area (TPSA) is 57.8 Å². The molecule has 1 aliphatic rings. The second kappa shape index (κ2) is 7.63. The number of benzene rings is 2. The fraction of sp³-hybridized carbons (Fsp3) is 0.333. The molecule has 2 N–H and O–H groups in total. The Morgan fingerprint density at radius 1 is 1.18 bits per heavy atom. The first-order valence-corrected chi connectivity index (χ1v) is 10.1. The highest BCUT2D eigenvalue weighted by molar-refractivity contribution is 5.99. The summed E-state index contributed by atoms with van der Waals surface area (Å²) in [4.78, 5) is 13.2. The molecule has 1 aliphatic carbocycles. The third-order valence-corrected chi connectivity index (χ3v) is 5.59. The number of nitrogens with zero attached hydrogens (tertiary/aromatic N) is 1. The number of H-pyrrole nitrogens is 1. The smallest absolute Gasteiger partial charge is 0.232 e. The third kappa shape index (κ3) is 3.59. The highest BCUT2D eigenvalue weighted by Crippen LogP contribution is 2.45. The molecule has 3 aromatic rings. The molecule has 0 aliphatic heterocycles. The summed E-state index contributed by atoms with van der Waals surface area (Å²) < 4.78 is 0. The van der Waals surface area contributed by atoms with E-state index < -0.39 is 0 Å². The molecule has 0 saturated heterocycles. The first-order valence-electron chi connectivity index (χ1n) is 10.1. The van der Waals surface area contributed by atoms with Crippen LogP contribution >= 0.6 is 0 Å². The summed E-state index contributed by atoms with van der Waals surface area (Å²) in [5, 5.41) is 11.1. The first-order chi connectivity index (χ1) is 13.6. The van der Waals surface area contributed by atoms with Crippen LogP contribution in [0.1, 0.15) is 60.4 Å². The van der Waals surface area contributed by atoms with Crippen LogP contribution in [0, 0.1) is 13.8 Å². The van der Waals surface area contributed by atoms with Gasteiger partial charge in [-0.05, 0) is 44.2 Å². The molecule has 4 heteroatoms. The van der Waals surface area contributed by atoms with Gasteiger partial charge in [-0.2, -0.15) is 5.10 Å². The molecule has 0 bridgehead atoms. The van der Waals surface area contributed by atoms with Gasteiger partial charge in [-0.25, -0.2) is 0 Å². The van der Waals surface area contributed by atoms with Crippen molar-refractivity contribution in [3.8, 4) is 11.3 Å². The van der Waals surface area contributed by atoms with E-state index in [1.54, 1.807) is 0 Å². The zero-order valence-corrected chi connectivity index (χ0v) is 16.8. The van der Waals surface area contributed by atoms with Crippen LogP contribution in [0.4, 0.5) is 5.69 Å². The molecule has 0 unspecified atom stereocenters. The Balaban J connectivity index is 1.70. The van der Waals surface area contributed by atoms with Crippen molar-refractivity contribution < 1.29 is 4.79 Å². The van der Waals surface area contributed by atoms with Crippen molar-refractivity contribution in [2.24, 2.45) is 0 Å². The molecule has 0 radical (unpaired) electrons. The largest absolute Gasteiger partial charge is 0.322 e. The van der Waals surface area contributed by atoms with Gasteiger partial charge in [0.05, 0.1) is 17.3 Å². The number of rotatable bonds is 6. The number of nitrogens with one attached hydrogen (secondary N) is 2. The van der Waals surface area contributed by atoms with Crippen LogP contribution in [0.15, 0.2) is 48.5 Å². The molecule has 1 heterocycles. The maximum atomic E-state index is 13.2. The highest BCUT2D eigenvalue weighted by Gasteiger charge is 2.32. The van der Waals surface area contributed by atoms with E-state index in [0.717, 1.165) is 47.5 Å². The summed E-state index contributed by atoms with van der Waals surface area (Å²) >= 11 is 0. The Bertz CT molecular complexity index is 986. The molecule has 144 valence electrons. The number of aryl methyl sites for hydroxylation is 2. The lowest BCUT2D eigenvalue weighted by Crippen LogP contribution is -2.21. The van der Waals surface area contributed by atoms with Gasteiger partial charge in [-0.15, -0.1) is 0 Å². The first kappa shape index (κ1) is 18.5. The lowest BCUT2D eigenvalue weighted by Gasteiger charge is -2.17. The Hall–Kier alpha value is -2.88. The molecule has 1 atom stereocenters. The van der Waals surface area contributed by atoms with Crippen LogP contribution in [0.3, 0.4) is 0 Å². The van der Waals surface area contributed by atoms with Gasteiger partial charge in [0.2, 0.25) is 5.91 Å². The number of aromatic amines is 1. The summed E-state index contributed by atoms with van der Waals surface area (Å²) in [7, 11) is 0. The molecule has 2 aromatic carbocycles. The van der Waals surface area contributed by atoms with Crippen LogP contribution in [0.5, 0.6) is 0 Å². The van der Waals surface area contributed by atoms with Gasteiger partial charge in [-0.3, -0.25) is 9.89 Å². The Morgan fingerprint density at radius 3 is 2.57 bits per heavy atom. The molecule has 1 fully saturated rings. The number of anilines is 1. The molecule has 4 nitrogen and oxygen atoms in total. The molecule has 4 rings (SSSR count). The fourth-order valence-corrected chi connectivity index (χ4v) is 3.89. The quantitative estimate of drug-likeness (QED) is 0.582. The zero-order valence-electron chi connectivity index (χ0n) is 16.8. The summed E-state index contributed by atoms with van der Waals surface area (Å²) in [5.74, 6) is 0.331. The van der Waals surface area contributed by atoms with Crippen molar-refractivity contribution in [3.63, 3.8) is 0 Å². The van der Waals surface area contributed by atoms with E-state index >= 15 is 0 Å². The predicted octanol–water partition coefficient (Wildman–Crippen LogP) is 5.70. The van der Waals surface area contributed by atoms with E-state index in [0.29, 0.717) is 5.92 Å². The molecular formula is C24H27N3O. The van der Waals surface area contributed by atoms with Crippen LogP contribution in [0.25, 0.3) is 11.3 Å². The molecule has 0 spiro atoms. The Labute approximate surface area is 166 Å². The van der Waals surface area contributed by atoms with E-state index in [9.17, 15) is 4.79 Å². The van der Waals surface area contributed by atoms with Gasteiger partial charge in [0, 0.05) is 11.5 Å². The molecule has 1 amide bonds. The number of carbonyl (C=O) groups excluding carboxylic acids is 1. The van der Waals surface area contributed by atoms with Crippen molar-refractivity contribution >= 4 is 11.6 Å². The number of amides is 1. The molecule has 1 aromatic heterocycles. The van der Waals surface area contributed by atoms with Crippen molar-refractivity contribution in [1.29, 1.82) is 0 Å². The lowest BCUT2D eigenvalue weighted by molar-refractivity contribution is -0.117. The zero-order chi connectivity index (χ0) is 19.7. The minimum absolute atomic E-state index is 0.0306. The average molecular weight is 374 g/mol. The minimum Gasteiger partial charge on any atom is -0.322 e. The molecule has 1 saturated carbocycles. The number of aromatic nitrogens is 2. The Morgan fingerprint density at radius 2 is 1.93 bits per heavy atom. The van der Waals surface area contributed by atoms with Crippen molar-refractivity contribution in [3.05, 3.63) is 70.9 Å². The summed E-state index contributed by atoms with van der Waals surface area (Å²) in [6.07, 6.45) is 3.05. The van der Waals surface area contributed by atoms with E-state index in [4.69, 9.17) is 0 Å². The van der Waals surface area contributed by atoms with Gasteiger partial charge >= 0.3 is 0 Å². The van der Waals surface area contributed by atoms with Gasteiger partial charge in [0.1, 0.15) is 5.69 Å². The second-order valence-electron chi connectivity index (χ2n) is 7.81. The standard InChI is InChI=1S/C24H27N3O/c1-4-19(17-8-6-5-7-9-17)24(28)25-23-21(18-11-12-18)26-27-22(23)20-13-10-15(2)14-16(20)3/h5-10,13-14,18-19H,4,11-12H2,1-3H3,(H,25,28)(H,26,27)/t19-/m0/s1. The predicted molar refractivity (Wildman–Crippen MR) is 114 cm³/mol. The van der Waals surface area contributed by atoms with Crippen molar-refractivity contribution in [2.75, 3.05) is 5.32 Å². The van der Waals surface area contributed by atoms with E-state index in [1.165, 1.54) is 11.1 Å². The summed E-state index contributed by atoms with van der Waals surface area (Å²) in [5.41, 5.74) is 7.26. The fourth-order valence-electron chi connectivity index (χ4n) is 3.89. The average Bonchev–Trinajstić information content (AvgIpc) is 3.45. The summed E-state index contributed by atoms with van der Waals surface area (Å²) in [6, 6.07) is 16.4. The lowest BCUT2D eigenvalue weighted by atomic mass is 9.95. The second-order valence-corrected chi connectivity index (χ2v) is 7.81. The Kier molecular flexibility index (Phi) is 5.03. The number of hydrogen-bond acceptors (Lipinski definition) is 2. The van der Waals surface area contributed by atoms with E-state index in [1.807, 2.05) is 30.3 Å². The van der Waals surface area contributed by atoms with Crippen LogP contribution in [-0.2, 0) is 4.79 Å². The minimum atomic E-state index is -0.171. The van der Waals surface area contributed by atoms with Gasteiger partial charge in [0.25, 0.3) is 0 Å². The van der Waals surface area contributed by atoms with Crippen molar-refractivity contribution in [2.45, 2.75) is 51.9 Å². The van der Waals surface area contributed by atoms with Gasteiger partial charge < -0.3 is 5.32 Å². The summed E-state index contributed by atoms with van der Waals surface area (Å²) in [6.45, 7) is 6.24. The monoisotopic (exact) mass is 373 g/mol. The number of hydrogen-bond donors (Lipinski definition) is 2. The molecule has 28 heavy (non-hydrogen) atoms. The maximum Gasteiger partial charge on any atom is 0.232 e. The SMILES string of the molecule is CC[C@H](C(=O)Nc1c(-c2ccc(C)cc2C)n[nH]c1C1CC1)c1ccccc1. The number of carbonyl (C=O) groups is 1.